The smallest absolute Gasteiger partial charge is 0.253 e. The zero-order chi connectivity index (χ0) is 17.3. The first-order valence-corrected chi connectivity index (χ1v) is 10.2. The summed E-state index contributed by atoms with van der Waals surface area (Å²) in [6.45, 7) is 3.33. The van der Waals surface area contributed by atoms with E-state index in [-0.39, 0.29) is 17.7 Å². The van der Waals surface area contributed by atoms with Gasteiger partial charge in [0.2, 0.25) is 10.0 Å². The predicted molar refractivity (Wildman–Crippen MR) is 94.2 cm³/mol. The summed E-state index contributed by atoms with van der Waals surface area (Å²) in [5.74, 6) is 1.04. The molecule has 132 valence electrons. The SMILES string of the molecule is CCCS(=O)(=O)Nc1ccc(C(=O)N2CC3CCC(N)C3C2)cc1. The Kier molecular flexibility index (Phi) is 4.83. The molecule has 24 heavy (non-hydrogen) atoms. The summed E-state index contributed by atoms with van der Waals surface area (Å²) in [5, 5.41) is 0. The van der Waals surface area contributed by atoms with Crippen molar-refractivity contribution in [2.24, 2.45) is 17.6 Å². The van der Waals surface area contributed by atoms with Crippen LogP contribution in [0.15, 0.2) is 24.3 Å². The van der Waals surface area contributed by atoms with Crippen LogP contribution in [0.25, 0.3) is 0 Å². The topological polar surface area (TPSA) is 92.5 Å². The lowest BCUT2D eigenvalue weighted by molar-refractivity contribution is 0.0779. The van der Waals surface area contributed by atoms with Gasteiger partial charge in [-0.05, 0) is 55.4 Å². The number of sulfonamides is 1. The number of nitrogens with two attached hydrogens (primary N) is 1. The van der Waals surface area contributed by atoms with Crippen molar-refractivity contribution in [2.45, 2.75) is 32.2 Å². The molecule has 3 rings (SSSR count). The van der Waals surface area contributed by atoms with E-state index in [1.54, 1.807) is 24.3 Å². The number of hydrogen-bond donors (Lipinski definition) is 2. The molecule has 0 aromatic heterocycles. The maximum atomic E-state index is 12.6. The van der Waals surface area contributed by atoms with Crippen LogP contribution in [0, 0.1) is 11.8 Å². The van der Waals surface area contributed by atoms with Crippen LogP contribution in [-0.2, 0) is 10.0 Å². The van der Waals surface area contributed by atoms with Gasteiger partial charge >= 0.3 is 0 Å². The molecule has 1 heterocycles. The van der Waals surface area contributed by atoms with Crippen LogP contribution in [0.4, 0.5) is 5.69 Å². The Morgan fingerprint density at radius 3 is 2.58 bits per heavy atom. The van der Waals surface area contributed by atoms with Crippen molar-refractivity contribution < 1.29 is 13.2 Å². The second-order valence-corrected chi connectivity index (χ2v) is 8.72. The van der Waals surface area contributed by atoms with Gasteiger partial charge in [-0.2, -0.15) is 0 Å². The molecule has 0 radical (unpaired) electrons. The molecule has 1 aliphatic heterocycles. The number of carbonyl (C=O) groups excluding carboxylic acids is 1. The van der Waals surface area contributed by atoms with Gasteiger partial charge in [0, 0.05) is 30.4 Å². The molecule has 3 atom stereocenters. The second-order valence-electron chi connectivity index (χ2n) is 6.87. The Labute approximate surface area is 143 Å². The van der Waals surface area contributed by atoms with E-state index in [0.717, 1.165) is 25.9 Å². The predicted octanol–water partition coefficient (Wildman–Crippen LogP) is 1.65. The van der Waals surface area contributed by atoms with Gasteiger partial charge < -0.3 is 10.6 Å². The van der Waals surface area contributed by atoms with E-state index >= 15 is 0 Å². The second kappa shape index (κ2) is 6.72. The summed E-state index contributed by atoms with van der Waals surface area (Å²) < 4.78 is 26.1. The summed E-state index contributed by atoms with van der Waals surface area (Å²) >= 11 is 0. The van der Waals surface area contributed by atoms with Gasteiger partial charge in [0.15, 0.2) is 0 Å². The molecule has 1 saturated carbocycles. The van der Waals surface area contributed by atoms with Crippen LogP contribution < -0.4 is 10.5 Å². The fourth-order valence-corrected chi connectivity index (χ4v) is 4.97. The molecule has 7 heteroatoms. The molecule has 1 aromatic carbocycles. The average molecular weight is 351 g/mol. The van der Waals surface area contributed by atoms with Gasteiger partial charge in [-0.1, -0.05) is 6.92 Å². The van der Waals surface area contributed by atoms with Crippen LogP contribution in [0.2, 0.25) is 0 Å². The minimum Gasteiger partial charge on any atom is -0.338 e. The van der Waals surface area contributed by atoms with Crippen molar-refractivity contribution in [1.29, 1.82) is 0 Å². The lowest BCUT2D eigenvalue weighted by atomic mass is 9.98. The molecule has 0 bridgehead atoms. The van der Waals surface area contributed by atoms with E-state index in [2.05, 4.69) is 4.72 Å². The van der Waals surface area contributed by atoms with Crippen molar-refractivity contribution in [1.82, 2.24) is 4.90 Å². The fourth-order valence-electron chi connectivity index (χ4n) is 3.84. The van der Waals surface area contributed by atoms with Crippen molar-refractivity contribution in [3.63, 3.8) is 0 Å². The summed E-state index contributed by atoms with van der Waals surface area (Å²) in [6.07, 6.45) is 2.73. The molecule has 0 spiro atoms. The summed E-state index contributed by atoms with van der Waals surface area (Å²) in [7, 11) is -3.31. The molecule has 6 nitrogen and oxygen atoms in total. The van der Waals surface area contributed by atoms with E-state index < -0.39 is 10.0 Å². The Bertz CT molecular complexity index is 702. The van der Waals surface area contributed by atoms with Crippen molar-refractivity contribution in [3.05, 3.63) is 29.8 Å². The standard InChI is InChI=1S/C17H25N3O3S/c1-2-9-24(22,23)19-14-6-3-12(4-7-14)17(21)20-10-13-5-8-16(18)15(13)11-20/h3-4,6-7,13,15-16,19H,2,5,8-11,18H2,1H3. The number of anilines is 1. The van der Waals surface area contributed by atoms with Crippen LogP contribution in [0.1, 0.15) is 36.5 Å². The molecule has 3 N–H and O–H groups in total. The lowest BCUT2D eigenvalue weighted by Crippen LogP contribution is -2.33. The molecular formula is C17H25N3O3S. The monoisotopic (exact) mass is 351 g/mol. The van der Waals surface area contributed by atoms with Crippen LogP contribution in [0.3, 0.4) is 0 Å². The average Bonchev–Trinajstić information content (AvgIpc) is 3.09. The van der Waals surface area contributed by atoms with Gasteiger partial charge in [-0.25, -0.2) is 8.42 Å². The maximum absolute atomic E-state index is 12.6. The van der Waals surface area contributed by atoms with Crippen LogP contribution in [0.5, 0.6) is 0 Å². The fraction of sp³-hybridized carbons (Fsp3) is 0.588. The number of benzene rings is 1. The van der Waals surface area contributed by atoms with Gasteiger partial charge in [-0.15, -0.1) is 0 Å². The van der Waals surface area contributed by atoms with E-state index in [9.17, 15) is 13.2 Å². The summed E-state index contributed by atoms with van der Waals surface area (Å²) in [4.78, 5) is 14.5. The van der Waals surface area contributed by atoms with Gasteiger partial charge in [0.05, 0.1) is 5.75 Å². The first-order valence-electron chi connectivity index (χ1n) is 8.55. The number of nitrogens with zero attached hydrogens (tertiary/aromatic N) is 1. The highest BCUT2D eigenvalue weighted by molar-refractivity contribution is 7.92. The minimum absolute atomic E-state index is 0.000402. The summed E-state index contributed by atoms with van der Waals surface area (Å²) in [6, 6.07) is 6.86. The van der Waals surface area contributed by atoms with E-state index in [4.69, 9.17) is 5.73 Å². The lowest BCUT2D eigenvalue weighted by Gasteiger charge is -2.19. The van der Waals surface area contributed by atoms with Crippen LogP contribution >= 0.6 is 0 Å². The highest BCUT2D eigenvalue weighted by Crippen LogP contribution is 2.37. The highest BCUT2D eigenvalue weighted by Gasteiger charge is 2.42. The van der Waals surface area contributed by atoms with Gasteiger partial charge in [0.25, 0.3) is 5.91 Å². The quantitative estimate of drug-likeness (QED) is 0.843. The Balaban J connectivity index is 1.65. The van der Waals surface area contributed by atoms with E-state index in [1.807, 2.05) is 11.8 Å². The number of nitrogens with one attached hydrogen (secondary N) is 1. The largest absolute Gasteiger partial charge is 0.338 e. The number of fused-ring (bicyclic) bond motifs is 1. The molecule has 1 amide bonds. The van der Waals surface area contributed by atoms with Gasteiger partial charge in [0.1, 0.15) is 0 Å². The number of amides is 1. The molecule has 1 aliphatic carbocycles. The minimum atomic E-state index is -3.31. The normalized spacial score (nSPS) is 26.4. The highest BCUT2D eigenvalue weighted by atomic mass is 32.2. The van der Waals surface area contributed by atoms with Crippen molar-refractivity contribution in [2.75, 3.05) is 23.6 Å². The molecule has 1 saturated heterocycles. The Morgan fingerprint density at radius 2 is 1.96 bits per heavy atom. The molecule has 3 unspecified atom stereocenters. The number of carbonyl (C=O) groups is 1. The molecule has 1 aromatic rings. The van der Waals surface area contributed by atoms with Crippen molar-refractivity contribution in [3.8, 4) is 0 Å². The molecule has 2 aliphatic rings. The number of rotatable bonds is 5. The maximum Gasteiger partial charge on any atom is 0.253 e. The molecular weight excluding hydrogens is 326 g/mol. The van der Waals surface area contributed by atoms with E-state index in [1.165, 1.54) is 0 Å². The zero-order valence-electron chi connectivity index (χ0n) is 13.9. The first-order chi connectivity index (χ1) is 11.4. The summed E-state index contributed by atoms with van der Waals surface area (Å²) in [5.41, 5.74) is 7.19. The Hall–Kier alpha value is -1.60. The third kappa shape index (κ3) is 3.57. The third-order valence-corrected chi connectivity index (χ3v) is 6.57. The number of likely N-dealkylation sites (tertiary alicyclic amines) is 1. The first kappa shape index (κ1) is 17.2. The third-order valence-electron chi connectivity index (χ3n) is 5.08. The zero-order valence-corrected chi connectivity index (χ0v) is 14.8. The van der Waals surface area contributed by atoms with Crippen LogP contribution in [-0.4, -0.2) is 44.1 Å². The molecule has 2 fully saturated rings. The van der Waals surface area contributed by atoms with E-state index in [0.29, 0.717) is 29.5 Å². The Morgan fingerprint density at radius 1 is 1.25 bits per heavy atom. The van der Waals surface area contributed by atoms with Crippen molar-refractivity contribution >= 4 is 21.6 Å². The number of hydrogen-bond acceptors (Lipinski definition) is 4. The van der Waals surface area contributed by atoms with Gasteiger partial charge in [-0.3, -0.25) is 9.52 Å².